The first-order chi connectivity index (χ1) is 23.7. The van der Waals surface area contributed by atoms with E-state index in [2.05, 4.69) is 88.2 Å². The molecule has 49 heavy (non-hydrogen) atoms. The van der Waals surface area contributed by atoms with Crippen LogP contribution in [0.5, 0.6) is 0 Å². The van der Waals surface area contributed by atoms with Crippen molar-refractivity contribution < 1.29 is 9.90 Å². The molecule has 5 aromatic rings. The fraction of sp³-hybridized carbons (Fsp3) is 0.368. The van der Waals surface area contributed by atoms with Crippen molar-refractivity contribution in [3.8, 4) is 33.9 Å². The van der Waals surface area contributed by atoms with Gasteiger partial charge in [0.05, 0.1) is 6.04 Å². The molecule has 2 N–H and O–H groups in total. The molecule has 11 nitrogen and oxygen atoms in total. The number of piperidine rings is 1. The molecule has 2 aromatic carbocycles. The Morgan fingerprint density at radius 3 is 2.35 bits per heavy atom. The summed E-state index contributed by atoms with van der Waals surface area (Å²) in [5, 5.41) is 26.9. The quantitative estimate of drug-likeness (QED) is 0.199. The fourth-order valence-electron chi connectivity index (χ4n) is 7.00. The number of carbonyl (C=O) groups is 1. The molecule has 11 heteroatoms. The molecule has 3 aromatic heterocycles. The molecule has 7 rings (SSSR count). The normalized spacial score (nSPS) is 17.7. The van der Waals surface area contributed by atoms with E-state index < -0.39 is 6.09 Å². The molecule has 5 heterocycles. The molecule has 2 aliphatic heterocycles. The summed E-state index contributed by atoms with van der Waals surface area (Å²) in [6, 6.07) is 26.7. The lowest BCUT2D eigenvalue weighted by atomic mass is 9.84. The van der Waals surface area contributed by atoms with Gasteiger partial charge in [0, 0.05) is 49.4 Å². The van der Waals surface area contributed by atoms with Gasteiger partial charge in [-0.25, -0.2) is 9.78 Å². The Bertz CT molecular complexity index is 1870. The van der Waals surface area contributed by atoms with Crippen LogP contribution in [0.15, 0.2) is 85.1 Å². The number of likely N-dealkylation sites (tertiary alicyclic amines) is 1. The Hall–Kier alpha value is -5.16. The van der Waals surface area contributed by atoms with Crippen LogP contribution >= 0.6 is 0 Å². The van der Waals surface area contributed by atoms with E-state index in [0.717, 1.165) is 78.0 Å². The minimum atomic E-state index is -0.874. The molecule has 2 fully saturated rings. The third-order valence-corrected chi connectivity index (χ3v) is 9.81. The maximum absolute atomic E-state index is 12.0. The van der Waals surface area contributed by atoms with Crippen LogP contribution in [0.1, 0.15) is 50.9 Å². The van der Waals surface area contributed by atoms with Crippen molar-refractivity contribution in [2.24, 2.45) is 5.41 Å². The smallest absolute Gasteiger partial charge is 0.407 e. The Labute approximate surface area is 287 Å². The number of hydrogen-bond acceptors (Lipinski definition) is 8. The number of H-pyrrole nitrogens is 1. The zero-order valence-corrected chi connectivity index (χ0v) is 28.3. The van der Waals surface area contributed by atoms with Crippen molar-refractivity contribution in [3.63, 3.8) is 0 Å². The van der Waals surface area contributed by atoms with E-state index in [-0.39, 0.29) is 11.5 Å². The number of benzene rings is 2. The number of carboxylic acid groups (broad SMARTS) is 1. The maximum atomic E-state index is 12.0. The van der Waals surface area contributed by atoms with Gasteiger partial charge in [-0.1, -0.05) is 81.4 Å². The second-order valence-electron chi connectivity index (χ2n) is 14.1. The standard InChI is InChI=1S/C38H43N9O2/c1-38(2,3)32-25-46(21-22-47(32)37(48)49)33-23-30(27-9-5-4-6-10-27)34(42-41-33)28-14-12-26(13-15-28)24-45-19-16-29(17-20-45)35-40-36(44-43-35)31-11-7-8-18-39-31/h4-15,18,23,29,32H,16-17,19-22,24-25H2,1-3H3,(H,48,49)(H,40,43,44). The van der Waals surface area contributed by atoms with Gasteiger partial charge in [-0.15, -0.1) is 10.2 Å². The van der Waals surface area contributed by atoms with Crippen LogP contribution in [0.4, 0.5) is 10.6 Å². The van der Waals surface area contributed by atoms with Crippen LogP contribution in [0.3, 0.4) is 0 Å². The summed E-state index contributed by atoms with van der Waals surface area (Å²) < 4.78 is 0. The van der Waals surface area contributed by atoms with Crippen molar-refractivity contribution in [2.75, 3.05) is 37.6 Å². The SMILES string of the molecule is CC(C)(C)C1CN(c2cc(-c3ccccc3)c(-c3ccc(CN4CCC(c5n[nH]c(-c6ccccn6)n5)CC4)cc3)nn2)CCN1C(=O)O. The fourth-order valence-corrected chi connectivity index (χ4v) is 7.00. The van der Waals surface area contributed by atoms with Crippen LogP contribution < -0.4 is 4.90 Å². The molecule has 1 atom stereocenters. The largest absolute Gasteiger partial charge is 0.465 e. The minimum absolute atomic E-state index is 0.161. The molecule has 2 saturated heterocycles. The van der Waals surface area contributed by atoms with Crippen molar-refractivity contribution in [1.29, 1.82) is 0 Å². The highest BCUT2D eigenvalue weighted by Gasteiger charge is 2.38. The predicted octanol–water partition coefficient (Wildman–Crippen LogP) is 6.59. The molecule has 2 aliphatic rings. The highest BCUT2D eigenvalue weighted by atomic mass is 16.4. The molecular weight excluding hydrogens is 614 g/mol. The summed E-state index contributed by atoms with van der Waals surface area (Å²) >= 11 is 0. The van der Waals surface area contributed by atoms with E-state index in [4.69, 9.17) is 15.2 Å². The van der Waals surface area contributed by atoms with Gasteiger partial charge in [-0.2, -0.15) is 5.10 Å². The number of nitrogens with zero attached hydrogens (tertiary/aromatic N) is 8. The van der Waals surface area contributed by atoms with Crippen LogP contribution in [0.2, 0.25) is 0 Å². The predicted molar refractivity (Wildman–Crippen MR) is 190 cm³/mol. The summed E-state index contributed by atoms with van der Waals surface area (Å²) in [6.45, 7) is 10.7. The van der Waals surface area contributed by atoms with E-state index in [1.165, 1.54) is 5.56 Å². The third-order valence-electron chi connectivity index (χ3n) is 9.81. The summed E-state index contributed by atoms with van der Waals surface area (Å²) in [4.78, 5) is 27.4. The van der Waals surface area contributed by atoms with Gasteiger partial charge in [0.1, 0.15) is 11.4 Å². The van der Waals surface area contributed by atoms with E-state index in [0.29, 0.717) is 25.6 Å². The molecule has 0 spiro atoms. The molecule has 1 amide bonds. The monoisotopic (exact) mass is 657 g/mol. The van der Waals surface area contributed by atoms with Crippen molar-refractivity contribution >= 4 is 11.9 Å². The van der Waals surface area contributed by atoms with Crippen LogP contribution in [-0.4, -0.2) is 90.1 Å². The number of pyridine rings is 1. The number of rotatable bonds is 7. The van der Waals surface area contributed by atoms with E-state index in [9.17, 15) is 9.90 Å². The highest BCUT2D eigenvalue weighted by Crippen LogP contribution is 2.35. The van der Waals surface area contributed by atoms with Crippen LogP contribution in [-0.2, 0) is 6.54 Å². The van der Waals surface area contributed by atoms with Crippen LogP contribution in [0.25, 0.3) is 33.9 Å². The third kappa shape index (κ3) is 7.17. The lowest BCUT2D eigenvalue weighted by Gasteiger charge is -2.46. The second kappa shape index (κ2) is 13.8. The molecular formula is C38H43N9O2. The Morgan fingerprint density at radius 1 is 0.898 bits per heavy atom. The summed E-state index contributed by atoms with van der Waals surface area (Å²) in [7, 11) is 0. The van der Waals surface area contributed by atoms with Crippen LogP contribution in [0, 0.1) is 5.41 Å². The minimum Gasteiger partial charge on any atom is -0.465 e. The number of aromatic nitrogens is 6. The summed E-state index contributed by atoms with van der Waals surface area (Å²) in [6.07, 6.45) is 2.93. The molecule has 0 saturated carbocycles. The van der Waals surface area contributed by atoms with E-state index in [1.54, 1.807) is 11.1 Å². The van der Waals surface area contributed by atoms with Gasteiger partial charge in [0.15, 0.2) is 17.5 Å². The van der Waals surface area contributed by atoms with Gasteiger partial charge >= 0.3 is 6.09 Å². The van der Waals surface area contributed by atoms with Crippen molar-refractivity contribution in [2.45, 2.75) is 52.1 Å². The summed E-state index contributed by atoms with van der Waals surface area (Å²) in [5.41, 5.74) is 5.76. The van der Waals surface area contributed by atoms with Gasteiger partial charge < -0.3 is 14.9 Å². The lowest BCUT2D eigenvalue weighted by Crippen LogP contribution is -2.59. The second-order valence-corrected chi connectivity index (χ2v) is 14.1. The number of hydrogen-bond donors (Lipinski definition) is 2. The molecule has 0 aliphatic carbocycles. The highest BCUT2D eigenvalue weighted by molar-refractivity contribution is 5.82. The Morgan fingerprint density at radius 2 is 1.65 bits per heavy atom. The lowest BCUT2D eigenvalue weighted by molar-refractivity contribution is 0.0746. The first-order valence-electron chi connectivity index (χ1n) is 17.1. The summed E-state index contributed by atoms with van der Waals surface area (Å²) in [5.74, 6) is 2.70. The number of amides is 1. The van der Waals surface area contributed by atoms with E-state index in [1.807, 2.05) is 36.4 Å². The maximum Gasteiger partial charge on any atom is 0.407 e. The first-order valence-corrected chi connectivity index (χ1v) is 17.1. The Kier molecular flexibility index (Phi) is 9.09. The zero-order valence-electron chi connectivity index (χ0n) is 28.3. The van der Waals surface area contributed by atoms with E-state index >= 15 is 0 Å². The number of aromatic amines is 1. The van der Waals surface area contributed by atoms with Crippen molar-refractivity contribution in [3.05, 3.63) is 96.4 Å². The van der Waals surface area contributed by atoms with Gasteiger partial charge in [-0.3, -0.25) is 15.0 Å². The topological polar surface area (TPSA) is 127 Å². The zero-order chi connectivity index (χ0) is 34.0. The number of anilines is 1. The molecule has 0 bridgehead atoms. The molecule has 252 valence electrons. The van der Waals surface area contributed by atoms with Gasteiger partial charge in [0.2, 0.25) is 0 Å². The first kappa shape index (κ1) is 32.4. The van der Waals surface area contributed by atoms with Gasteiger partial charge in [0.25, 0.3) is 0 Å². The van der Waals surface area contributed by atoms with Gasteiger partial charge in [-0.05, 0) is 60.7 Å². The molecule has 1 unspecified atom stereocenters. The van der Waals surface area contributed by atoms with Crippen molar-refractivity contribution in [1.82, 2.24) is 40.2 Å². The number of piperazine rings is 1. The Balaban J connectivity index is 1.04. The average Bonchev–Trinajstić information content (AvgIpc) is 3.63. The average molecular weight is 658 g/mol. The number of nitrogens with one attached hydrogen (secondary N) is 1. The molecule has 0 radical (unpaired) electrons.